The molecule has 0 saturated heterocycles. The lowest BCUT2D eigenvalue weighted by atomic mass is 10.1. The van der Waals surface area contributed by atoms with E-state index in [4.69, 9.17) is 10.7 Å². The Morgan fingerprint density at radius 2 is 2.05 bits per heavy atom. The fourth-order valence-corrected chi connectivity index (χ4v) is 4.34. The van der Waals surface area contributed by atoms with Gasteiger partial charge in [0.15, 0.2) is 0 Å². The number of aryl methyl sites for hydroxylation is 2. The van der Waals surface area contributed by atoms with E-state index in [0.29, 0.717) is 0 Å². The highest BCUT2D eigenvalue weighted by Gasteiger charge is 2.18. The van der Waals surface area contributed by atoms with Crippen molar-refractivity contribution in [2.45, 2.75) is 31.7 Å². The lowest BCUT2D eigenvalue weighted by Gasteiger charge is -2.10. The summed E-state index contributed by atoms with van der Waals surface area (Å²) in [5.74, 6) is 0. The van der Waals surface area contributed by atoms with Crippen LogP contribution in [0.4, 0.5) is 0 Å². The Bertz CT molecular complexity index is 769. The molecule has 2 N–H and O–H groups in total. The number of fused-ring (bicyclic) bond motifs is 2. The van der Waals surface area contributed by atoms with Crippen molar-refractivity contribution in [2.24, 2.45) is 5.73 Å². The SMILES string of the molecule is NC(Cc1ccc2ccccc2n1)c1cc2c(s1)CCC2. The molecule has 1 aromatic carbocycles. The standard InChI is InChI=1S/C18H18N2S/c19-15(18-10-13-5-3-7-17(13)21-18)11-14-9-8-12-4-1-2-6-16(12)20-14/h1-2,4,6,8-10,15H,3,5,7,11,19H2. The molecule has 21 heavy (non-hydrogen) atoms. The molecule has 4 rings (SSSR count). The highest BCUT2D eigenvalue weighted by Crippen LogP contribution is 2.34. The summed E-state index contributed by atoms with van der Waals surface area (Å²) in [4.78, 5) is 7.59. The predicted molar refractivity (Wildman–Crippen MR) is 88.7 cm³/mol. The molecular formula is C18H18N2S. The number of hydrogen-bond donors (Lipinski definition) is 1. The van der Waals surface area contributed by atoms with Crippen LogP contribution in [0.25, 0.3) is 10.9 Å². The van der Waals surface area contributed by atoms with E-state index in [2.05, 4.69) is 30.3 Å². The van der Waals surface area contributed by atoms with Crippen LogP contribution in [0.5, 0.6) is 0 Å². The molecule has 1 aliphatic carbocycles. The molecule has 0 fully saturated rings. The Morgan fingerprint density at radius 1 is 1.14 bits per heavy atom. The molecule has 0 radical (unpaired) electrons. The average molecular weight is 294 g/mol. The monoisotopic (exact) mass is 294 g/mol. The summed E-state index contributed by atoms with van der Waals surface area (Å²) in [6.45, 7) is 0. The van der Waals surface area contributed by atoms with Crippen molar-refractivity contribution >= 4 is 22.2 Å². The van der Waals surface area contributed by atoms with Crippen molar-refractivity contribution in [1.82, 2.24) is 4.98 Å². The zero-order valence-corrected chi connectivity index (χ0v) is 12.7. The number of rotatable bonds is 3. The average Bonchev–Trinajstić information content (AvgIpc) is 3.08. The van der Waals surface area contributed by atoms with Crippen molar-refractivity contribution in [3.05, 3.63) is 63.5 Å². The Kier molecular flexibility index (Phi) is 3.24. The Hall–Kier alpha value is -1.71. The number of nitrogens with two attached hydrogens (primary N) is 1. The van der Waals surface area contributed by atoms with Gasteiger partial charge in [0.25, 0.3) is 0 Å². The molecule has 0 saturated carbocycles. The Labute approximate surface area is 128 Å². The van der Waals surface area contributed by atoms with Crippen LogP contribution in [0, 0.1) is 0 Å². The molecule has 1 atom stereocenters. The molecule has 2 nitrogen and oxygen atoms in total. The van der Waals surface area contributed by atoms with Crippen LogP contribution in [-0.4, -0.2) is 4.98 Å². The Morgan fingerprint density at radius 3 is 2.95 bits per heavy atom. The van der Waals surface area contributed by atoms with E-state index in [1.54, 1.807) is 4.88 Å². The van der Waals surface area contributed by atoms with Gasteiger partial charge in [-0.2, -0.15) is 0 Å². The molecule has 0 bridgehead atoms. The number of nitrogens with zero attached hydrogens (tertiary/aromatic N) is 1. The van der Waals surface area contributed by atoms with E-state index < -0.39 is 0 Å². The first-order chi connectivity index (χ1) is 10.3. The van der Waals surface area contributed by atoms with Crippen LogP contribution < -0.4 is 5.73 Å². The molecule has 1 unspecified atom stereocenters. The first-order valence-electron chi connectivity index (χ1n) is 7.51. The summed E-state index contributed by atoms with van der Waals surface area (Å²) in [5.41, 5.74) is 10.1. The first-order valence-corrected chi connectivity index (χ1v) is 8.33. The lowest BCUT2D eigenvalue weighted by Crippen LogP contribution is -2.12. The zero-order chi connectivity index (χ0) is 14.2. The molecule has 0 aliphatic heterocycles. The van der Waals surface area contributed by atoms with Gasteiger partial charge in [-0.05, 0) is 43.0 Å². The molecule has 0 spiro atoms. The minimum absolute atomic E-state index is 0.0641. The fraction of sp³-hybridized carbons (Fsp3) is 0.278. The van der Waals surface area contributed by atoms with Gasteiger partial charge in [0, 0.05) is 33.3 Å². The van der Waals surface area contributed by atoms with Crippen molar-refractivity contribution in [3.8, 4) is 0 Å². The minimum Gasteiger partial charge on any atom is -0.323 e. The second-order valence-corrected chi connectivity index (χ2v) is 6.92. The van der Waals surface area contributed by atoms with Crippen molar-refractivity contribution < 1.29 is 0 Å². The number of hydrogen-bond acceptors (Lipinski definition) is 3. The third-order valence-corrected chi connectivity index (χ3v) is 5.59. The smallest absolute Gasteiger partial charge is 0.0705 e. The van der Waals surface area contributed by atoms with E-state index in [9.17, 15) is 0 Å². The maximum Gasteiger partial charge on any atom is 0.0705 e. The minimum atomic E-state index is 0.0641. The van der Waals surface area contributed by atoms with E-state index in [-0.39, 0.29) is 6.04 Å². The number of aromatic nitrogens is 1. The van der Waals surface area contributed by atoms with E-state index >= 15 is 0 Å². The third kappa shape index (κ3) is 2.47. The molecule has 2 heterocycles. The van der Waals surface area contributed by atoms with Crippen LogP contribution in [0.2, 0.25) is 0 Å². The zero-order valence-electron chi connectivity index (χ0n) is 11.9. The molecule has 106 valence electrons. The van der Waals surface area contributed by atoms with Crippen molar-refractivity contribution in [3.63, 3.8) is 0 Å². The second kappa shape index (κ2) is 5.24. The van der Waals surface area contributed by atoms with Crippen LogP contribution in [0.3, 0.4) is 0 Å². The maximum absolute atomic E-state index is 6.40. The second-order valence-electron chi connectivity index (χ2n) is 5.76. The van der Waals surface area contributed by atoms with E-state index in [0.717, 1.165) is 17.6 Å². The highest BCUT2D eigenvalue weighted by molar-refractivity contribution is 7.12. The molecule has 3 aromatic rings. The summed E-state index contributed by atoms with van der Waals surface area (Å²) in [6, 6.07) is 14.8. The quantitative estimate of drug-likeness (QED) is 0.792. The van der Waals surface area contributed by atoms with Gasteiger partial charge in [0.05, 0.1) is 5.52 Å². The Balaban J connectivity index is 1.58. The molecular weight excluding hydrogens is 276 g/mol. The van der Waals surface area contributed by atoms with Crippen LogP contribution >= 0.6 is 11.3 Å². The topological polar surface area (TPSA) is 38.9 Å². The lowest BCUT2D eigenvalue weighted by molar-refractivity contribution is 0.721. The summed E-state index contributed by atoms with van der Waals surface area (Å²) in [5, 5.41) is 1.19. The number of benzene rings is 1. The van der Waals surface area contributed by atoms with Gasteiger partial charge in [0.1, 0.15) is 0 Å². The molecule has 2 aromatic heterocycles. The fourth-order valence-electron chi connectivity index (χ4n) is 3.08. The normalized spacial score (nSPS) is 15.3. The summed E-state index contributed by atoms with van der Waals surface area (Å²) in [6.07, 6.45) is 4.58. The maximum atomic E-state index is 6.40. The molecule has 0 amide bonds. The van der Waals surface area contributed by atoms with Crippen LogP contribution in [0.15, 0.2) is 42.5 Å². The molecule has 1 aliphatic rings. The van der Waals surface area contributed by atoms with Gasteiger partial charge < -0.3 is 5.73 Å². The summed E-state index contributed by atoms with van der Waals surface area (Å²) >= 11 is 1.90. The third-order valence-electron chi connectivity index (χ3n) is 4.22. The first kappa shape index (κ1) is 13.0. The van der Waals surface area contributed by atoms with E-state index in [1.807, 2.05) is 23.5 Å². The van der Waals surface area contributed by atoms with Crippen molar-refractivity contribution in [2.75, 3.05) is 0 Å². The molecule has 3 heteroatoms. The van der Waals surface area contributed by atoms with Gasteiger partial charge in [-0.3, -0.25) is 4.98 Å². The number of pyridine rings is 1. The van der Waals surface area contributed by atoms with Gasteiger partial charge in [-0.15, -0.1) is 11.3 Å². The van der Waals surface area contributed by atoms with Gasteiger partial charge in [-0.1, -0.05) is 24.3 Å². The number of thiophene rings is 1. The summed E-state index contributed by atoms with van der Waals surface area (Å²) < 4.78 is 0. The predicted octanol–water partition coefficient (Wildman–Crippen LogP) is 4.03. The van der Waals surface area contributed by atoms with Crippen LogP contribution in [0.1, 0.15) is 33.5 Å². The highest BCUT2D eigenvalue weighted by atomic mass is 32.1. The van der Waals surface area contributed by atoms with E-state index in [1.165, 1.54) is 35.1 Å². The van der Waals surface area contributed by atoms with Crippen molar-refractivity contribution in [1.29, 1.82) is 0 Å². The number of para-hydroxylation sites is 1. The van der Waals surface area contributed by atoms with Gasteiger partial charge in [0.2, 0.25) is 0 Å². The van der Waals surface area contributed by atoms with Gasteiger partial charge in [-0.25, -0.2) is 0 Å². The van der Waals surface area contributed by atoms with Gasteiger partial charge >= 0.3 is 0 Å². The largest absolute Gasteiger partial charge is 0.323 e. The summed E-state index contributed by atoms with van der Waals surface area (Å²) in [7, 11) is 0. The van der Waals surface area contributed by atoms with Crippen LogP contribution in [-0.2, 0) is 19.3 Å².